The second-order valence-electron chi connectivity index (χ2n) is 6.82. The molecule has 3 aromatic carbocycles. The van der Waals surface area contributed by atoms with Gasteiger partial charge in [0.1, 0.15) is 5.75 Å². The zero-order chi connectivity index (χ0) is 20.5. The summed E-state index contributed by atoms with van der Waals surface area (Å²) in [5, 5.41) is 3.74. The number of carbonyl (C=O) groups excluding carboxylic acids is 1. The highest BCUT2D eigenvalue weighted by Gasteiger charge is 2.17. The number of hydrogen-bond acceptors (Lipinski definition) is 5. The molecule has 5 rings (SSSR count). The lowest BCUT2D eigenvalue weighted by Gasteiger charge is -2.11. The van der Waals surface area contributed by atoms with Crippen LogP contribution in [0.15, 0.2) is 72.8 Å². The number of benzene rings is 3. The summed E-state index contributed by atoms with van der Waals surface area (Å²) in [4.78, 5) is 17.9. The zero-order valence-corrected chi connectivity index (χ0v) is 16.2. The van der Waals surface area contributed by atoms with Crippen LogP contribution in [0.1, 0.15) is 10.4 Å². The van der Waals surface area contributed by atoms with Crippen LogP contribution < -0.4 is 19.5 Å². The van der Waals surface area contributed by atoms with Gasteiger partial charge in [-0.05, 0) is 54.6 Å². The summed E-state index contributed by atoms with van der Waals surface area (Å²) in [6.07, 6.45) is 0. The topological polar surface area (TPSA) is 69.7 Å². The molecule has 2 heterocycles. The molecule has 148 valence electrons. The molecule has 1 aliphatic heterocycles. The Morgan fingerprint density at radius 1 is 0.967 bits per heavy atom. The maximum Gasteiger partial charge on any atom is 0.256 e. The van der Waals surface area contributed by atoms with Gasteiger partial charge in [-0.2, -0.15) is 0 Å². The summed E-state index contributed by atoms with van der Waals surface area (Å²) in [7, 11) is 1.61. The number of methoxy groups -OCH3 is 1. The third-order valence-corrected chi connectivity index (χ3v) is 4.98. The average Bonchev–Trinajstić information content (AvgIpc) is 3.26. The molecule has 0 saturated heterocycles. The molecule has 0 spiro atoms. The third-order valence-electron chi connectivity index (χ3n) is 4.98. The molecule has 0 radical (unpaired) electrons. The minimum absolute atomic E-state index is 0.208. The first-order valence-electron chi connectivity index (χ1n) is 9.46. The van der Waals surface area contributed by atoms with Crippen molar-refractivity contribution in [2.45, 2.75) is 0 Å². The van der Waals surface area contributed by atoms with Crippen LogP contribution in [0.3, 0.4) is 0 Å². The van der Waals surface area contributed by atoms with Gasteiger partial charge in [0.2, 0.25) is 6.79 Å². The lowest BCUT2D eigenvalue weighted by Crippen LogP contribution is -2.13. The highest BCUT2D eigenvalue weighted by Crippen LogP contribution is 2.36. The van der Waals surface area contributed by atoms with E-state index in [1.54, 1.807) is 37.4 Å². The molecular weight excluding hydrogens is 380 g/mol. The Morgan fingerprint density at radius 3 is 2.60 bits per heavy atom. The van der Waals surface area contributed by atoms with E-state index in [0.717, 1.165) is 22.2 Å². The van der Waals surface area contributed by atoms with Gasteiger partial charge in [-0.3, -0.25) is 4.79 Å². The number of para-hydroxylation sites is 1. The van der Waals surface area contributed by atoms with E-state index in [1.807, 2.05) is 42.5 Å². The van der Waals surface area contributed by atoms with Crippen LogP contribution in [0.2, 0.25) is 0 Å². The van der Waals surface area contributed by atoms with Gasteiger partial charge in [0, 0.05) is 16.6 Å². The minimum atomic E-state index is -0.208. The standard InChI is InChI=1S/C24H18N2O4/c1-28-17-9-7-16(8-10-17)25-24(27)19-13-21(26-20-5-3-2-4-18(19)20)15-6-11-22-23(12-15)30-14-29-22/h2-13H,14H2,1H3,(H,25,27). The number of pyridine rings is 1. The Balaban J connectivity index is 1.55. The van der Waals surface area contributed by atoms with E-state index in [9.17, 15) is 4.79 Å². The van der Waals surface area contributed by atoms with Crippen LogP contribution in [0.5, 0.6) is 17.2 Å². The molecule has 1 aliphatic rings. The highest BCUT2D eigenvalue weighted by atomic mass is 16.7. The van der Waals surface area contributed by atoms with Gasteiger partial charge in [-0.1, -0.05) is 18.2 Å². The van der Waals surface area contributed by atoms with Crippen LogP contribution in [0.25, 0.3) is 22.2 Å². The molecule has 1 aromatic heterocycles. The molecule has 0 atom stereocenters. The average molecular weight is 398 g/mol. The van der Waals surface area contributed by atoms with Crippen LogP contribution in [-0.2, 0) is 0 Å². The molecule has 4 aromatic rings. The maximum absolute atomic E-state index is 13.1. The molecule has 0 aliphatic carbocycles. The number of carbonyl (C=O) groups is 1. The molecule has 1 amide bonds. The van der Waals surface area contributed by atoms with Crippen molar-refractivity contribution >= 4 is 22.5 Å². The second kappa shape index (κ2) is 7.40. The highest BCUT2D eigenvalue weighted by molar-refractivity contribution is 6.13. The van der Waals surface area contributed by atoms with Crippen molar-refractivity contribution < 1.29 is 19.0 Å². The van der Waals surface area contributed by atoms with E-state index in [-0.39, 0.29) is 12.7 Å². The predicted octanol–water partition coefficient (Wildman–Crippen LogP) is 4.89. The number of hydrogen-bond donors (Lipinski definition) is 1. The van der Waals surface area contributed by atoms with Gasteiger partial charge in [0.15, 0.2) is 11.5 Å². The van der Waals surface area contributed by atoms with E-state index in [4.69, 9.17) is 19.2 Å². The Bertz CT molecular complexity index is 1250. The van der Waals surface area contributed by atoms with Crippen LogP contribution >= 0.6 is 0 Å². The molecule has 0 bridgehead atoms. The minimum Gasteiger partial charge on any atom is -0.497 e. The van der Waals surface area contributed by atoms with Gasteiger partial charge in [-0.15, -0.1) is 0 Å². The Kier molecular flexibility index (Phi) is 4.44. The lowest BCUT2D eigenvalue weighted by molar-refractivity contribution is 0.102. The largest absolute Gasteiger partial charge is 0.497 e. The first-order chi connectivity index (χ1) is 14.7. The molecule has 6 nitrogen and oxygen atoms in total. The number of nitrogens with one attached hydrogen (secondary N) is 1. The number of aromatic nitrogens is 1. The summed E-state index contributed by atoms with van der Waals surface area (Å²) in [6.45, 7) is 0.208. The van der Waals surface area contributed by atoms with Crippen LogP contribution in [0, 0.1) is 0 Å². The maximum atomic E-state index is 13.1. The van der Waals surface area contributed by atoms with Crippen LogP contribution in [0.4, 0.5) is 5.69 Å². The van der Waals surface area contributed by atoms with Gasteiger partial charge >= 0.3 is 0 Å². The Hall–Kier alpha value is -4.06. The fraction of sp³-hybridized carbons (Fsp3) is 0.0833. The normalized spacial score (nSPS) is 12.0. The van der Waals surface area contributed by atoms with Crippen LogP contribution in [-0.4, -0.2) is 24.8 Å². The number of fused-ring (bicyclic) bond motifs is 2. The summed E-state index contributed by atoms with van der Waals surface area (Å²) < 4.78 is 16.0. The van der Waals surface area contributed by atoms with E-state index in [0.29, 0.717) is 28.4 Å². The van der Waals surface area contributed by atoms with E-state index in [1.165, 1.54) is 0 Å². The molecular formula is C24H18N2O4. The van der Waals surface area contributed by atoms with Gasteiger partial charge in [-0.25, -0.2) is 4.98 Å². The number of nitrogens with zero attached hydrogens (tertiary/aromatic N) is 1. The first-order valence-corrected chi connectivity index (χ1v) is 9.46. The predicted molar refractivity (Wildman–Crippen MR) is 114 cm³/mol. The number of amides is 1. The Morgan fingerprint density at radius 2 is 1.77 bits per heavy atom. The molecule has 30 heavy (non-hydrogen) atoms. The summed E-state index contributed by atoms with van der Waals surface area (Å²) >= 11 is 0. The van der Waals surface area contributed by atoms with Crippen molar-refractivity contribution in [1.82, 2.24) is 4.98 Å². The third kappa shape index (κ3) is 3.28. The Labute approximate surface area is 173 Å². The SMILES string of the molecule is COc1ccc(NC(=O)c2cc(-c3ccc4c(c3)OCO4)nc3ccccc23)cc1. The molecule has 0 unspecified atom stereocenters. The van der Waals surface area contributed by atoms with Crippen molar-refractivity contribution in [2.24, 2.45) is 0 Å². The number of ether oxygens (including phenoxy) is 3. The second-order valence-corrected chi connectivity index (χ2v) is 6.82. The van der Waals surface area contributed by atoms with Crippen molar-refractivity contribution in [2.75, 3.05) is 19.2 Å². The van der Waals surface area contributed by atoms with Crippen molar-refractivity contribution in [3.8, 4) is 28.5 Å². The molecule has 6 heteroatoms. The smallest absolute Gasteiger partial charge is 0.256 e. The summed E-state index contributed by atoms with van der Waals surface area (Å²) in [5.74, 6) is 1.90. The van der Waals surface area contributed by atoms with Crippen molar-refractivity contribution in [3.63, 3.8) is 0 Å². The van der Waals surface area contributed by atoms with E-state index in [2.05, 4.69) is 5.32 Å². The van der Waals surface area contributed by atoms with E-state index >= 15 is 0 Å². The number of anilines is 1. The molecule has 0 saturated carbocycles. The zero-order valence-electron chi connectivity index (χ0n) is 16.2. The first kappa shape index (κ1) is 18.0. The van der Waals surface area contributed by atoms with Gasteiger partial charge in [0.05, 0.1) is 23.9 Å². The number of rotatable bonds is 4. The summed E-state index contributed by atoms with van der Waals surface area (Å²) in [6, 6.07) is 22.3. The molecule has 1 N–H and O–H groups in total. The van der Waals surface area contributed by atoms with Crippen molar-refractivity contribution in [3.05, 3.63) is 78.4 Å². The quantitative estimate of drug-likeness (QED) is 0.530. The monoisotopic (exact) mass is 398 g/mol. The fourth-order valence-corrected chi connectivity index (χ4v) is 3.44. The molecule has 0 fully saturated rings. The van der Waals surface area contributed by atoms with Gasteiger partial charge in [0.25, 0.3) is 5.91 Å². The fourth-order valence-electron chi connectivity index (χ4n) is 3.44. The summed E-state index contributed by atoms with van der Waals surface area (Å²) in [5.41, 5.74) is 3.51. The lowest BCUT2D eigenvalue weighted by atomic mass is 10.0. The van der Waals surface area contributed by atoms with E-state index < -0.39 is 0 Å². The van der Waals surface area contributed by atoms with Gasteiger partial charge < -0.3 is 19.5 Å². The van der Waals surface area contributed by atoms with Crippen molar-refractivity contribution in [1.29, 1.82) is 0 Å².